The minimum atomic E-state index is -4.50. The van der Waals surface area contributed by atoms with Crippen LogP contribution in [0.2, 0.25) is 0 Å². The maximum Gasteiger partial charge on any atom is 0.418 e. The molecule has 180 valence electrons. The van der Waals surface area contributed by atoms with E-state index < -0.39 is 17.7 Å². The second-order valence-electron chi connectivity index (χ2n) is 8.62. The number of aromatic nitrogens is 2. The molecule has 0 spiro atoms. The number of hydrogen-bond donors (Lipinski definition) is 2. The number of aliphatic carboxylic acids is 1. The topological polar surface area (TPSA) is 75.1 Å². The van der Waals surface area contributed by atoms with Crippen molar-refractivity contribution in [3.05, 3.63) is 88.4 Å². The van der Waals surface area contributed by atoms with Gasteiger partial charge in [0.15, 0.2) is 0 Å². The van der Waals surface area contributed by atoms with Crippen LogP contribution in [0.1, 0.15) is 33.4 Å². The molecule has 0 saturated heterocycles. The summed E-state index contributed by atoms with van der Waals surface area (Å²) in [6.45, 7) is 6.04. The fourth-order valence-corrected chi connectivity index (χ4v) is 4.27. The summed E-state index contributed by atoms with van der Waals surface area (Å²) in [5.41, 5.74) is 5.58. The molecular weight excluding hydrogens is 455 g/mol. The Labute approximate surface area is 200 Å². The highest BCUT2D eigenvalue weighted by molar-refractivity contribution is 5.97. The number of pyridine rings is 2. The Bertz CT molecular complexity index is 1430. The third-order valence-corrected chi connectivity index (χ3v) is 5.98. The van der Waals surface area contributed by atoms with Crippen molar-refractivity contribution in [3.8, 4) is 11.1 Å². The first-order valence-electron chi connectivity index (χ1n) is 11.0. The van der Waals surface area contributed by atoms with Crippen molar-refractivity contribution in [2.45, 2.75) is 39.9 Å². The van der Waals surface area contributed by atoms with Gasteiger partial charge in [0.05, 0.1) is 17.5 Å². The Morgan fingerprint density at radius 2 is 1.77 bits per heavy atom. The van der Waals surface area contributed by atoms with Crippen LogP contribution < -0.4 is 5.32 Å². The summed E-state index contributed by atoms with van der Waals surface area (Å²) in [4.78, 5) is 19.5. The van der Waals surface area contributed by atoms with E-state index >= 15 is 0 Å². The van der Waals surface area contributed by atoms with Crippen LogP contribution in [0.3, 0.4) is 0 Å². The Balaban J connectivity index is 1.66. The van der Waals surface area contributed by atoms with E-state index in [1.54, 1.807) is 18.5 Å². The summed E-state index contributed by atoms with van der Waals surface area (Å²) in [6, 6.07) is 9.78. The zero-order valence-electron chi connectivity index (χ0n) is 19.5. The maximum atomic E-state index is 13.5. The number of alkyl halides is 3. The van der Waals surface area contributed by atoms with Crippen LogP contribution in [-0.4, -0.2) is 21.0 Å². The van der Waals surface area contributed by atoms with E-state index in [9.17, 15) is 18.0 Å². The molecular formula is C27H24F3N3O2. The van der Waals surface area contributed by atoms with Gasteiger partial charge in [-0.15, -0.1) is 0 Å². The van der Waals surface area contributed by atoms with E-state index in [4.69, 9.17) is 5.11 Å². The first-order chi connectivity index (χ1) is 16.5. The predicted octanol–water partition coefficient (Wildman–Crippen LogP) is 6.48. The minimum Gasteiger partial charge on any atom is -0.481 e. The lowest BCUT2D eigenvalue weighted by atomic mass is 9.95. The van der Waals surface area contributed by atoms with Crippen LogP contribution in [-0.2, 0) is 23.9 Å². The zero-order valence-corrected chi connectivity index (χ0v) is 19.5. The minimum absolute atomic E-state index is 0.0335. The number of halogens is 3. The van der Waals surface area contributed by atoms with Crippen molar-refractivity contribution in [2.75, 3.05) is 5.32 Å². The molecule has 0 atom stereocenters. The van der Waals surface area contributed by atoms with E-state index in [1.165, 1.54) is 12.3 Å². The molecule has 8 heteroatoms. The number of hydrogen-bond acceptors (Lipinski definition) is 4. The Hall–Kier alpha value is -3.94. The highest BCUT2D eigenvalue weighted by Gasteiger charge is 2.33. The van der Waals surface area contributed by atoms with Crippen molar-refractivity contribution >= 4 is 22.6 Å². The van der Waals surface area contributed by atoms with Crippen LogP contribution >= 0.6 is 0 Å². The molecule has 0 aliphatic carbocycles. The van der Waals surface area contributed by atoms with E-state index in [0.717, 1.165) is 39.6 Å². The van der Waals surface area contributed by atoms with Crippen LogP contribution in [0.4, 0.5) is 18.9 Å². The van der Waals surface area contributed by atoms with Crippen LogP contribution in [0, 0.1) is 20.8 Å². The number of para-hydroxylation sites is 1. The average molecular weight is 480 g/mol. The number of aryl methyl sites for hydroxylation is 3. The molecule has 4 rings (SSSR count). The third kappa shape index (κ3) is 5.11. The number of fused-ring (bicyclic) bond motifs is 1. The first kappa shape index (κ1) is 24.2. The Morgan fingerprint density at radius 3 is 2.49 bits per heavy atom. The van der Waals surface area contributed by atoms with Crippen molar-refractivity contribution in [3.63, 3.8) is 0 Å². The van der Waals surface area contributed by atoms with Crippen molar-refractivity contribution < 1.29 is 23.1 Å². The smallest absolute Gasteiger partial charge is 0.418 e. The second-order valence-corrected chi connectivity index (χ2v) is 8.62. The Kier molecular flexibility index (Phi) is 6.47. The standard InChI is InChI=1S/C27H24F3N3O2/c1-15-8-23(16(2)7-19(15)10-24(34)35)32-13-18-9-20(14-31-12-18)25-17(3)11-33-26-21(25)5-4-6-22(26)27(28,29)30/h4-9,11-12,14,32H,10,13H2,1-3H3,(H,34,35). The molecule has 0 aliphatic rings. The van der Waals surface area contributed by atoms with Gasteiger partial charge in [0.25, 0.3) is 0 Å². The predicted molar refractivity (Wildman–Crippen MR) is 129 cm³/mol. The van der Waals surface area contributed by atoms with Gasteiger partial charge < -0.3 is 10.4 Å². The maximum absolute atomic E-state index is 13.5. The van der Waals surface area contributed by atoms with E-state index in [0.29, 0.717) is 23.1 Å². The van der Waals surface area contributed by atoms with E-state index in [1.807, 2.05) is 39.0 Å². The van der Waals surface area contributed by atoms with Crippen LogP contribution in [0.15, 0.2) is 55.0 Å². The number of rotatable bonds is 6. The number of carboxylic acids is 1. The number of carboxylic acid groups (broad SMARTS) is 1. The lowest BCUT2D eigenvalue weighted by Crippen LogP contribution is -2.07. The number of anilines is 1. The summed E-state index contributed by atoms with van der Waals surface area (Å²) in [7, 11) is 0. The molecule has 0 aliphatic heterocycles. The molecule has 0 bridgehead atoms. The lowest BCUT2D eigenvalue weighted by molar-refractivity contribution is -0.137. The highest BCUT2D eigenvalue weighted by atomic mass is 19.4. The summed E-state index contributed by atoms with van der Waals surface area (Å²) in [5, 5.41) is 12.9. The fourth-order valence-electron chi connectivity index (χ4n) is 4.27. The molecule has 4 aromatic rings. The van der Waals surface area contributed by atoms with Crippen molar-refractivity contribution in [1.29, 1.82) is 0 Å². The van der Waals surface area contributed by atoms with Crippen LogP contribution in [0.25, 0.3) is 22.0 Å². The molecule has 2 aromatic heterocycles. The van der Waals surface area contributed by atoms with Gasteiger partial charge in [-0.1, -0.05) is 18.2 Å². The van der Waals surface area contributed by atoms with Gasteiger partial charge in [-0.2, -0.15) is 13.2 Å². The van der Waals surface area contributed by atoms with Crippen molar-refractivity contribution in [1.82, 2.24) is 9.97 Å². The second kappa shape index (κ2) is 9.37. The molecule has 0 unspecified atom stereocenters. The molecule has 2 heterocycles. The average Bonchev–Trinajstić information content (AvgIpc) is 2.79. The molecule has 0 saturated carbocycles. The summed E-state index contributed by atoms with van der Waals surface area (Å²) in [6.07, 6.45) is 0.273. The summed E-state index contributed by atoms with van der Waals surface area (Å²) in [5.74, 6) is -0.877. The molecule has 0 radical (unpaired) electrons. The SMILES string of the molecule is Cc1cc(NCc2cncc(-c3c(C)cnc4c(C(F)(F)F)cccc34)c2)c(C)cc1CC(=O)O. The van der Waals surface area contributed by atoms with Gasteiger partial charge >= 0.3 is 12.1 Å². The normalized spacial score (nSPS) is 11.6. The van der Waals surface area contributed by atoms with Crippen molar-refractivity contribution in [2.24, 2.45) is 0 Å². The van der Waals surface area contributed by atoms with Gasteiger partial charge in [-0.25, -0.2) is 0 Å². The van der Waals surface area contributed by atoms with Gasteiger partial charge in [0.2, 0.25) is 0 Å². The number of benzene rings is 2. The van der Waals surface area contributed by atoms with Gasteiger partial charge in [0.1, 0.15) is 0 Å². The third-order valence-electron chi connectivity index (χ3n) is 5.98. The lowest BCUT2D eigenvalue weighted by Gasteiger charge is -2.16. The number of nitrogens with one attached hydrogen (secondary N) is 1. The Morgan fingerprint density at radius 1 is 1.00 bits per heavy atom. The molecule has 35 heavy (non-hydrogen) atoms. The quantitative estimate of drug-likeness (QED) is 0.331. The zero-order chi connectivity index (χ0) is 25.3. The number of nitrogens with zero attached hydrogens (tertiary/aromatic N) is 2. The molecule has 2 aromatic carbocycles. The van der Waals surface area contributed by atoms with E-state index in [2.05, 4.69) is 15.3 Å². The largest absolute Gasteiger partial charge is 0.481 e. The first-order valence-corrected chi connectivity index (χ1v) is 11.0. The monoisotopic (exact) mass is 479 g/mol. The fraction of sp³-hybridized carbons (Fsp3) is 0.222. The highest BCUT2D eigenvalue weighted by Crippen LogP contribution is 2.38. The van der Waals surface area contributed by atoms with Gasteiger partial charge in [0, 0.05) is 41.8 Å². The van der Waals surface area contributed by atoms with Gasteiger partial charge in [-0.05, 0) is 72.4 Å². The molecule has 2 N–H and O–H groups in total. The summed E-state index contributed by atoms with van der Waals surface area (Å²) < 4.78 is 40.6. The number of carbonyl (C=O) groups is 1. The van der Waals surface area contributed by atoms with Gasteiger partial charge in [-0.3, -0.25) is 14.8 Å². The van der Waals surface area contributed by atoms with E-state index in [-0.39, 0.29) is 11.9 Å². The molecule has 0 amide bonds. The molecule has 5 nitrogen and oxygen atoms in total. The van der Waals surface area contributed by atoms with Crippen LogP contribution in [0.5, 0.6) is 0 Å². The molecule has 0 fully saturated rings. The summed E-state index contributed by atoms with van der Waals surface area (Å²) >= 11 is 0.